The maximum Gasteiger partial charge on any atom is 0.407 e. The van der Waals surface area contributed by atoms with Crippen molar-refractivity contribution in [3.05, 3.63) is 89.5 Å². The highest BCUT2D eigenvalue weighted by molar-refractivity contribution is 5.81. The van der Waals surface area contributed by atoms with Crippen molar-refractivity contribution in [1.29, 1.82) is 0 Å². The number of rotatable bonds is 6. The van der Waals surface area contributed by atoms with Gasteiger partial charge in [0.2, 0.25) is 0 Å². The van der Waals surface area contributed by atoms with Crippen LogP contribution in [0.2, 0.25) is 0 Å². The Balaban J connectivity index is 1.43. The molecule has 0 spiro atoms. The Kier molecular flexibility index (Phi) is 5.39. The lowest BCUT2D eigenvalue weighted by atomic mass is 9.98. The van der Waals surface area contributed by atoms with E-state index in [1.165, 1.54) is 12.1 Å². The first-order chi connectivity index (χ1) is 14.5. The largest absolute Gasteiger partial charge is 0.508 e. The summed E-state index contributed by atoms with van der Waals surface area (Å²) >= 11 is 0. The SMILES string of the molecule is O=C([15NH][C@H](Cc1ccc(O)cc1)C(=O)O)OCC1c2ccccc2-c2ccccc21. The van der Waals surface area contributed by atoms with Gasteiger partial charge in [-0.05, 0) is 39.9 Å². The van der Waals surface area contributed by atoms with E-state index in [1.54, 1.807) is 12.1 Å². The Bertz CT molecular complexity index is 1030. The minimum Gasteiger partial charge on any atom is -0.508 e. The number of aliphatic carboxylic acids is 1. The van der Waals surface area contributed by atoms with E-state index >= 15 is 0 Å². The summed E-state index contributed by atoms with van der Waals surface area (Å²) in [5, 5.41) is 21.2. The van der Waals surface area contributed by atoms with E-state index in [0.29, 0.717) is 5.56 Å². The molecule has 1 aliphatic rings. The number of nitrogens with one attached hydrogen (secondary N) is 1. The van der Waals surface area contributed by atoms with Crippen LogP contribution in [0.3, 0.4) is 0 Å². The first-order valence-electron chi connectivity index (χ1n) is 9.65. The van der Waals surface area contributed by atoms with Gasteiger partial charge in [0.1, 0.15) is 18.4 Å². The van der Waals surface area contributed by atoms with Crippen LogP contribution in [0.1, 0.15) is 22.6 Å². The maximum absolute atomic E-state index is 12.3. The number of hydrogen-bond acceptors (Lipinski definition) is 4. The zero-order valence-corrected chi connectivity index (χ0v) is 16.1. The molecule has 0 aromatic heterocycles. The van der Waals surface area contributed by atoms with E-state index < -0.39 is 18.1 Å². The quantitative estimate of drug-likeness (QED) is 0.541. The molecule has 1 aliphatic carbocycles. The third-order valence-electron chi connectivity index (χ3n) is 5.31. The zero-order valence-electron chi connectivity index (χ0n) is 16.1. The van der Waals surface area contributed by atoms with E-state index in [-0.39, 0.29) is 24.7 Å². The van der Waals surface area contributed by atoms with Gasteiger partial charge >= 0.3 is 12.1 Å². The van der Waals surface area contributed by atoms with Crippen molar-refractivity contribution in [2.45, 2.75) is 18.4 Å². The van der Waals surface area contributed by atoms with Crippen LogP contribution in [0.25, 0.3) is 11.1 Å². The minimum atomic E-state index is -1.16. The Morgan fingerprint density at radius 2 is 1.47 bits per heavy atom. The number of alkyl carbamates (subject to hydrolysis) is 1. The second-order valence-electron chi connectivity index (χ2n) is 7.23. The second-order valence-corrected chi connectivity index (χ2v) is 7.23. The molecule has 1 amide bonds. The number of amides is 1. The predicted octanol–water partition coefficient (Wildman–Crippen LogP) is 3.93. The van der Waals surface area contributed by atoms with Crippen molar-refractivity contribution in [2.75, 3.05) is 6.61 Å². The van der Waals surface area contributed by atoms with Crippen molar-refractivity contribution >= 4 is 12.1 Å². The monoisotopic (exact) mass is 404 g/mol. The van der Waals surface area contributed by atoms with E-state index in [0.717, 1.165) is 22.3 Å². The van der Waals surface area contributed by atoms with Crippen molar-refractivity contribution in [1.82, 2.24) is 5.32 Å². The summed E-state index contributed by atoms with van der Waals surface area (Å²) in [6, 6.07) is 21.0. The molecule has 3 N–H and O–H groups in total. The highest BCUT2D eigenvalue weighted by atomic mass is 16.6. The Labute approximate surface area is 173 Å². The number of phenolic OH excluding ortho intramolecular Hbond substituents is 1. The van der Waals surface area contributed by atoms with Crippen LogP contribution in [0.15, 0.2) is 72.8 Å². The number of hydrogen-bond donors (Lipinski definition) is 3. The van der Waals surface area contributed by atoms with Gasteiger partial charge in [-0.2, -0.15) is 0 Å². The van der Waals surface area contributed by atoms with Crippen molar-refractivity contribution in [3.63, 3.8) is 0 Å². The molecular formula is C24H21NO5. The van der Waals surface area contributed by atoms with E-state index in [9.17, 15) is 19.8 Å². The lowest BCUT2D eigenvalue weighted by molar-refractivity contribution is -0.139. The molecule has 0 fully saturated rings. The lowest BCUT2D eigenvalue weighted by Crippen LogP contribution is -2.42. The molecule has 30 heavy (non-hydrogen) atoms. The molecule has 0 unspecified atom stereocenters. The summed E-state index contributed by atoms with van der Waals surface area (Å²) in [6.07, 6.45) is -0.692. The molecule has 0 saturated carbocycles. The third-order valence-corrected chi connectivity index (χ3v) is 5.31. The number of phenols is 1. The van der Waals surface area contributed by atoms with Crippen LogP contribution in [0.5, 0.6) is 5.75 Å². The van der Waals surface area contributed by atoms with Crippen molar-refractivity contribution in [2.24, 2.45) is 0 Å². The van der Waals surface area contributed by atoms with Gasteiger partial charge in [-0.3, -0.25) is 0 Å². The van der Waals surface area contributed by atoms with Gasteiger partial charge in [0.25, 0.3) is 0 Å². The van der Waals surface area contributed by atoms with E-state index in [4.69, 9.17) is 4.74 Å². The van der Waals surface area contributed by atoms with Crippen LogP contribution in [0.4, 0.5) is 4.79 Å². The molecule has 0 aliphatic heterocycles. The fourth-order valence-electron chi connectivity index (χ4n) is 3.85. The Morgan fingerprint density at radius 1 is 0.900 bits per heavy atom. The number of carbonyl (C=O) groups excluding carboxylic acids is 1. The average molecular weight is 404 g/mol. The maximum atomic E-state index is 12.3. The van der Waals surface area contributed by atoms with Gasteiger partial charge < -0.3 is 20.3 Å². The topological polar surface area (TPSA) is 95.9 Å². The van der Waals surface area contributed by atoms with Crippen LogP contribution >= 0.6 is 0 Å². The van der Waals surface area contributed by atoms with Crippen LogP contribution < -0.4 is 5.32 Å². The summed E-state index contributed by atoms with van der Waals surface area (Å²) in [6.45, 7) is 0.116. The zero-order chi connectivity index (χ0) is 21.1. The Morgan fingerprint density at radius 3 is 2.03 bits per heavy atom. The fourth-order valence-corrected chi connectivity index (χ4v) is 3.85. The van der Waals surface area contributed by atoms with Crippen molar-refractivity contribution in [3.8, 4) is 16.9 Å². The third kappa shape index (κ3) is 3.98. The van der Waals surface area contributed by atoms with Crippen LogP contribution in [-0.4, -0.2) is 34.9 Å². The number of fused-ring (bicyclic) bond motifs is 3. The average Bonchev–Trinajstić information content (AvgIpc) is 3.07. The highest BCUT2D eigenvalue weighted by Gasteiger charge is 2.29. The van der Waals surface area contributed by atoms with Gasteiger partial charge in [-0.1, -0.05) is 60.7 Å². The second kappa shape index (κ2) is 8.29. The molecule has 0 radical (unpaired) electrons. The molecule has 6 heteroatoms. The molecule has 3 aromatic rings. The summed E-state index contributed by atoms with van der Waals surface area (Å²) in [7, 11) is 0. The Hall–Kier alpha value is -3.80. The van der Waals surface area contributed by atoms with E-state index in [1.807, 2.05) is 48.5 Å². The molecule has 1 atom stereocenters. The van der Waals surface area contributed by atoms with Gasteiger partial charge in [-0.25, -0.2) is 9.59 Å². The smallest absolute Gasteiger partial charge is 0.407 e. The summed E-state index contributed by atoms with van der Waals surface area (Å²) in [5.41, 5.74) is 5.10. The van der Waals surface area contributed by atoms with Gasteiger partial charge in [0, 0.05) is 12.3 Å². The van der Waals surface area contributed by atoms with E-state index in [2.05, 4.69) is 5.32 Å². The van der Waals surface area contributed by atoms with Gasteiger partial charge in [0.05, 0.1) is 0 Å². The van der Waals surface area contributed by atoms with Gasteiger partial charge in [0.15, 0.2) is 0 Å². The number of ether oxygens (including phenoxy) is 1. The number of carboxylic acids is 1. The number of aromatic hydroxyl groups is 1. The lowest BCUT2D eigenvalue weighted by Gasteiger charge is -2.17. The predicted molar refractivity (Wildman–Crippen MR) is 111 cm³/mol. The molecule has 152 valence electrons. The molecule has 4 rings (SSSR count). The normalized spacial score (nSPS) is 13.2. The first kappa shape index (κ1) is 19.5. The number of carbonyl (C=O) groups is 2. The highest BCUT2D eigenvalue weighted by Crippen LogP contribution is 2.44. The molecule has 3 aromatic carbocycles. The van der Waals surface area contributed by atoms with Crippen molar-refractivity contribution < 1.29 is 24.5 Å². The number of benzene rings is 3. The first-order valence-corrected chi connectivity index (χ1v) is 9.65. The summed E-state index contributed by atoms with van der Waals surface area (Å²) < 4.78 is 5.42. The minimum absolute atomic E-state index is 0.0831. The molecule has 0 saturated heterocycles. The molecule has 0 bridgehead atoms. The van der Waals surface area contributed by atoms with Crippen LogP contribution in [-0.2, 0) is 16.0 Å². The fraction of sp³-hybridized carbons (Fsp3) is 0.167. The summed E-state index contributed by atoms with van der Waals surface area (Å²) in [5.74, 6) is -1.16. The summed E-state index contributed by atoms with van der Waals surface area (Å²) in [4.78, 5) is 23.9. The van der Waals surface area contributed by atoms with Crippen LogP contribution in [0, 0.1) is 0 Å². The number of carboxylic acid groups (broad SMARTS) is 1. The molecule has 6 nitrogen and oxygen atoms in total. The van der Waals surface area contributed by atoms with Gasteiger partial charge in [-0.15, -0.1) is 0 Å². The standard InChI is InChI=1S/C24H21NO5/c26-16-11-9-15(10-12-16)13-22(23(27)28)25-24(29)30-14-21-19-7-3-1-5-17(19)18-6-2-4-8-20(18)21/h1-12,21-22,26H,13-14H2,(H,25,29)(H,27,28)/t22-/m1/s1/i25+1. The molecule has 0 heterocycles. The molecular weight excluding hydrogens is 383 g/mol.